The molecule has 0 radical (unpaired) electrons. The van der Waals surface area contributed by atoms with Crippen LogP contribution in [-0.4, -0.2) is 6.54 Å². The number of likely N-dealkylation sites (N-methyl/N-ethyl adjacent to an activating group) is 1. The van der Waals surface area contributed by atoms with E-state index in [2.05, 4.69) is 64.2 Å². The lowest BCUT2D eigenvalue weighted by atomic mass is 9.93. The molecule has 0 saturated heterocycles. The molecule has 1 unspecified atom stereocenters. The molecular formula is C19H27NO. The fourth-order valence-electron chi connectivity index (χ4n) is 3.03. The third-order valence-electron chi connectivity index (χ3n) is 4.07. The van der Waals surface area contributed by atoms with Crippen LogP contribution in [0.1, 0.15) is 53.7 Å². The quantitative estimate of drug-likeness (QED) is 0.835. The van der Waals surface area contributed by atoms with Crippen LogP contribution in [0, 0.1) is 20.8 Å². The van der Waals surface area contributed by atoms with Gasteiger partial charge >= 0.3 is 0 Å². The number of rotatable bonds is 6. The van der Waals surface area contributed by atoms with Crippen molar-refractivity contribution in [3.05, 3.63) is 58.0 Å². The van der Waals surface area contributed by atoms with Gasteiger partial charge in [-0.25, -0.2) is 0 Å². The van der Waals surface area contributed by atoms with Gasteiger partial charge in [0, 0.05) is 6.42 Å². The van der Waals surface area contributed by atoms with Gasteiger partial charge < -0.3 is 9.73 Å². The Bertz CT molecular complexity index is 574. The molecule has 0 aliphatic carbocycles. The van der Waals surface area contributed by atoms with E-state index in [0.717, 1.165) is 30.9 Å². The molecule has 0 saturated carbocycles. The minimum atomic E-state index is 0.246. The van der Waals surface area contributed by atoms with Crippen LogP contribution in [-0.2, 0) is 12.8 Å². The zero-order chi connectivity index (χ0) is 15.4. The summed E-state index contributed by atoms with van der Waals surface area (Å²) < 4.78 is 5.96. The van der Waals surface area contributed by atoms with E-state index in [1.807, 2.05) is 0 Å². The minimum Gasteiger partial charge on any atom is -0.464 e. The molecule has 1 heterocycles. The minimum absolute atomic E-state index is 0.246. The van der Waals surface area contributed by atoms with Crippen LogP contribution in [0.4, 0.5) is 0 Å². The molecule has 0 amide bonds. The summed E-state index contributed by atoms with van der Waals surface area (Å²) in [4.78, 5) is 0. The van der Waals surface area contributed by atoms with Gasteiger partial charge in [0.25, 0.3) is 0 Å². The van der Waals surface area contributed by atoms with Crippen molar-refractivity contribution in [1.29, 1.82) is 0 Å². The van der Waals surface area contributed by atoms with Gasteiger partial charge in [0.1, 0.15) is 11.5 Å². The predicted molar refractivity (Wildman–Crippen MR) is 88.9 cm³/mol. The molecule has 1 aromatic heterocycles. The highest BCUT2D eigenvalue weighted by atomic mass is 16.3. The van der Waals surface area contributed by atoms with Crippen LogP contribution in [0.15, 0.2) is 28.7 Å². The van der Waals surface area contributed by atoms with Gasteiger partial charge in [-0.15, -0.1) is 0 Å². The topological polar surface area (TPSA) is 25.2 Å². The average Bonchev–Trinajstić information content (AvgIpc) is 2.90. The second-order valence-corrected chi connectivity index (χ2v) is 5.85. The molecular weight excluding hydrogens is 258 g/mol. The Balaban J connectivity index is 2.28. The number of benzene rings is 1. The summed E-state index contributed by atoms with van der Waals surface area (Å²) in [6.07, 6.45) is 1.92. The number of aryl methyl sites for hydroxylation is 4. The fraction of sp³-hybridized carbons (Fsp3) is 0.474. The zero-order valence-electron chi connectivity index (χ0n) is 13.9. The van der Waals surface area contributed by atoms with Gasteiger partial charge in [0.15, 0.2) is 0 Å². The lowest BCUT2D eigenvalue weighted by Crippen LogP contribution is -2.23. The van der Waals surface area contributed by atoms with Crippen LogP contribution >= 0.6 is 0 Å². The Labute approximate surface area is 128 Å². The van der Waals surface area contributed by atoms with Gasteiger partial charge in [-0.05, 0) is 62.6 Å². The van der Waals surface area contributed by atoms with Gasteiger partial charge in [0.05, 0.1) is 6.04 Å². The Morgan fingerprint density at radius 2 is 1.71 bits per heavy atom. The van der Waals surface area contributed by atoms with E-state index < -0.39 is 0 Å². The molecule has 2 nitrogen and oxygen atoms in total. The Morgan fingerprint density at radius 3 is 2.24 bits per heavy atom. The van der Waals surface area contributed by atoms with Crippen LogP contribution in [0.3, 0.4) is 0 Å². The Kier molecular flexibility index (Phi) is 5.24. The van der Waals surface area contributed by atoms with Crippen LogP contribution in [0.5, 0.6) is 0 Å². The normalized spacial score (nSPS) is 12.6. The monoisotopic (exact) mass is 285 g/mol. The van der Waals surface area contributed by atoms with Crippen LogP contribution in [0.25, 0.3) is 0 Å². The van der Waals surface area contributed by atoms with Crippen molar-refractivity contribution in [2.45, 2.75) is 53.5 Å². The largest absolute Gasteiger partial charge is 0.464 e. The second kappa shape index (κ2) is 6.95. The van der Waals surface area contributed by atoms with Crippen molar-refractivity contribution in [3.63, 3.8) is 0 Å². The lowest BCUT2D eigenvalue weighted by Gasteiger charge is -2.19. The molecule has 2 rings (SSSR count). The molecule has 2 aromatic rings. The van der Waals surface area contributed by atoms with E-state index in [4.69, 9.17) is 4.42 Å². The molecule has 21 heavy (non-hydrogen) atoms. The summed E-state index contributed by atoms with van der Waals surface area (Å²) in [5.74, 6) is 2.11. The summed E-state index contributed by atoms with van der Waals surface area (Å²) in [6, 6.07) is 8.99. The number of furan rings is 1. The lowest BCUT2D eigenvalue weighted by molar-refractivity contribution is 0.396. The van der Waals surface area contributed by atoms with Gasteiger partial charge in [-0.3, -0.25) is 0 Å². The van der Waals surface area contributed by atoms with Crippen molar-refractivity contribution < 1.29 is 4.42 Å². The number of nitrogens with one attached hydrogen (secondary N) is 1. The first-order valence-electron chi connectivity index (χ1n) is 7.93. The summed E-state index contributed by atoms with van der Waals surface area (Å²) in [5.41, 5.74) is 5.51. The molecule has 0 spiro atoms. The summed E-state index contributed by atoms with van der Waals surface area (Å²) in [5, 5.41) is 3.56. The Hall–Kier alpha value is -1.54. The number of hydrogen-bond donors (Lipinski definition) is 1. The zero-order valence-corrected chi connectivity index (χ0v) is 13.9. The fourth-order valence-corrected chi connectivity index (χ4v) is 3.03. The molecule has 114 valence electrons. The van der Waals surface area contributed by atoms with Gasteiger partial charge in [0.2, 0.25) is 0 Å². The van der Waals surface area contributed by atoms with E-state index in [-0.39, 0.29) is 6.04 Å². The molecule has 1 N–H and O–H groups in total. The first kappa shape index (κ1) is 15.8. The molecule has 2 heteroatoms. The maximum absolute atomic E-state index is 5.96. The third kappa shape index (κ3) is 3.76. The third-order valence-corrected chi connectivity index (χ3v) is 4.07. The van der Waals surface area contributed by atoms with E-state index in [1.165, 1.54) is 22.3 Å². The summed E-state index contributed by atoms with van der Waals surface area (Å²) >= 11 is 0. The number of hydrogen-bond acceptors (Lipinski definition) is 2. The highest BCUT2D eigenvalue weighted by molar-refractivity contribution is 5.38. The maximum Gasteiger partial charge on any atom is 0.121 e. The van der Waals surface area contributed by atoms with E-state index in [9.17, 15) is 0 Å². The highest BCUT2D eigenvalue weighted by Crippen LogP contribution is 2.25. The van der Waals surface area contributed by atoms with Crippen LogP contribution < -0.4 is 5.32 Å². The van der Waals surface area contributed by atoms with E-state index in [0.29, 0.717) is 0 Å². The molecule has 0 aliphatic rings. The highest BCUT2D eigenvalue weighted by Gasteiger charge is 2.17. The van der Waals surface area contributed by atoms with E-state index >= 15 is 0 Å². The Morgan fingerprint density at radius 1 is 1.05 bits per heavy atom. The molecule has 0 fully saturated rings. The first-order chi connectivity index (χ1) is 10.0. The molecule has 1 atom stereocenters. The maximum atomic E-state index is 5.96. The predicted octanol–water partition coefficient (Wildman–Crippen LogP) is 4.66. The second-order valence-electron chi connectivity index (χ2n) is 5.85. The van der Waals surface area contributed by atoms with Gasteiger partial charge in [-0.2, -0.15) is 0 Å². The van der Waals surface area contributed by atoms with Crippen molar-refractivity contribution in [2.75, 3.05) is 6.54 Å². The van der Waals surface area contributed by atoms with E-state index in [1.54, 1.807) is 0 Å². The smallest absolute Gasteiger partial charge is 0.121 e. The van der Waals surface area contributed by atoms with Crippen molar-refractivity contribution in [3.8, 4) is 0 Å². The molecule has 0 aliphatic heterocycles. The van der Waals surface area contributed by atoms with Crippen molar-refractivity contribution in [2.24, 2.45) is 0 Å². The summed E-state index contributed by atoms with van der Waals surface area (Å²) in [7, 11) is 0. The first-order valence-corrected chi connectivity index (χ1v) is 7.93. The van der Waals surface area contributed by atoms with Crippen molar-refractivity contribution >= 4 is 0 Å². The van der Waals surface area contributed by atoms with Gasteiger partial charge in [-0.1, -0.05) is 31.5 Å². The van der Waals surface area contributed by atoms with Crippen LogP contribution in [0.2, 0.25) is 0 Å². The standard InChI is InChI=1S/C19H27NO/c1-6-16-8-9-19(21-16)18(20-7-2)12-17-14(4)10-13(3)11-15(17)5/h8-11,18,20H,6-7,12H2,1-5H3. The molecule has 0 bridgehead atoms. The SMILES string of the molecule is CCNC(Cc1c(C)cc(C)cc1C)c1ccc(CC)o1. The van der Waals surface area contributed by atoms with Crippen molar-refractivity contribution in [1.82, 2.24) is 5.32 Å². The summed E-state index contributed by atoms with van der Waals surface area (Å²) in [6.45, 7) is 11.8. The average molecular weight is 285 g/mol. The molecule has 1 aromatic carbocycles.